The van der Waals surface area contributed by atoms with Gasteiger partial charge in [0.25, 0.3) is 0 Å². The number of fused-ring (bicyclic) bond motifs is 1. The average molecular weight is 345 g/mol. The Hall–Kier alpha value is -1.92. The summed E-state index contributed by atoms with van der Waals surface area (Å²) < 4.78 is 2.14. The van der Waals surface area contributed by atoms with Crippen molar-refractivity contribution in [2.24, 2.45) is 5.92 Å². The standard InChI is InChI=1S/C18H27N5O2/c24-17-9-8-13(12-23(17)14-5-1-2-6-14)18(25)19-11-16-21-20-15-7-3-4-10-22(15)16/h13-14H,1-12H2,(H,19,25). The molecule has 1 unspecified atom stereocenters. The molecule has 0 bridgehead atoms. The van der Waals surface area contributed by atoms with Crippen LogP contribution >= 0.6 is 0 Å². The first-order valence-corrected chi connectivity index (χ1v) is 9.70. The maximum atomic E-state index is 12.6. The predicted octanol–water partition coefficient (Wildman–Crippen LogP) is 1.41. The number of carbonyl (C=O) groups is 2. The molecule has 0 spiro atoms. The van der Waals surface area contributed by atoms with Crippen LogP contribution in [0.25, 0.3) is 0 Å². The summed E-state index contributed by atoms with van der Waals surface area (Å²) in [6.07, 6.45) is 9.01. The first-order valence-electron chi connectivity index (χ1n) is 9.70. The molecule has 1 saturated heterocycles. The third-order valence-corrected chi connectivity index (χ3v) is 5.94. The number of piperidine rings is 1. The van der Waals surface area contributed by atoms with E-state index in [9.17, 15) is 9.59 Å². The maximum Gasteiger partial charge on any atom is 0.225 e. The molecule has 1 aromatic rings. The van der Waals surface area contributed by atoms with Crippen molar-refractivity contribution in [1.29, 1.82) is 0 Å². The summed E-state index contributed by atoms with van der Waals surface area (Å²) in [7, 11) is 0. The Morgan fingerprint density at radius 3 is 2.76 bits per heavy atom. The van der Waals surface area contributed by atoms with E-state index in [2.05, 4.69) is 20.1 Å². The minimum atomic E-state index is -0.0953. The highest BCUT2D eigenvalue weighted by molar-refractivity contribution is 5.84. The second kappa shape index (κ2) is 7.14. The van der Waals surface area contributed by atoms with Gasteiger partial charge in [0.05, 0.1) is 12.5 Å². The van der Waals surface area contributed by atoms with Crippen LogP contribution in [0.4, 0.5) is 0 Å². The van der Waals surface area contributed by atoms with Crippen LogP contribution in [0.15, 0.2) is 0 Å². The number of aryl methyl sites for hydroxylation is 1. The molecule has 2 fully saturated rings. The molecule has 0 radical (unpaired) electrons. The molecular formula is C18H27N5O2. The van der Waals surface area contributed by atoms with Crippen molar-refractivity contribution in [1.82, 2.24) is 25.0 Å². The lowest BCUT2D eigenvalue weighted by Crippen LogP contribution is -2.49. The number of rotatable bonds is 4. The number of carbonyl (C=O) groups excluding carboxylic acids is 2. The van der Waals surface area contributed by atoms with Crippen molar-refractivity contribution in [3.63, 3.8) is 0 Å². The molecule has 136 valence electrons. The molecule has 7 nitrogen and oxygen atoms in total. The highest BCUT2D eigenvalue weighted by Crippen LogP contribution is 2.28. The zero-order valence-corrected chi connectivity index (χ0v) is 14.7. The summed E-state index contributed by atoms with van der Waals surface area (Å²) in [5.41, 5.74) is 0. The van der Waals surface area contributed by atoms with Gasteiger partial charge in [0.15, 0.2) is 5.82 Å². The summed E-state index contributed by atoms with van der Waals surface area (Å²) in [4.78, 5) is 26.8. The summed E-state index contributed by atoms with van der Waals surface area (Å²) in [5.74, 6) is 2.06. The lowest BCUT2D eigenvalue weighted by molar-refractivity contribution is -0.140. The van der Waals surface area contributed by atoms with E-state index < -0.39 is 0 Å². The van der Waals surface area contributed by atoms with Gasteiger partial charge < -0.3 is 14.8 Å². The van der Waals surface area contributed by atoms with E-state index in [1.54, 1.807) is 0 Å². The lowest BCUT2D eigenvalue weighted by Gasteiger charge is -2.36. The summed E-state index contributed by atoms with van der Waals surface area (Å²) in [6.45, 7) is 1.95. The third kappa shape index (κ3) is 3.41. The first-order chi connectivity index (χ1) is 12.2. The van der Waals surface area contributed by atoms with E-state index in [1.165, 1.54) is 12.8 Å². The molecule has 4 rings (SSSR count). The van der Waals surface area contributed by atoms with Crippen molar-refractivity contribution >= 4 is 11.8 Å². The van der Waals surface area contributed by atoms with Crippen molar-refractivity contribution in [3.8, 4) is 0 Å². The lowest BCUT2D eigenvalue weighted by atomic mass is 9.95. The van der Waals surface area contributed by atoms with Gasteiger partial charge in [-0.2, -0.15) is 0 Å². The molecule has 2 aliphatic heterocycles. The number of aromatic nitrogens is 3. The topological polar surface area (TPSA) is 80.1 Å². The van der Waals surface area contributed by atoms with Crippen molar-refractivity contribution in [3.05, 3.63) is 11.6 Å². The predicted molar refractivity (Wildman–Crippen MR) is 91.5 cm³/mol. The molecule has 1 saturated carbocycles. The van der Waals surface area contributed by atoms with Gasteiger partial charge in [0.2, 0.25) is 11.8 Å². The number of likely N-dealkylation sites (tertiary alicyclic amines) is 1. The number of amides is 2. The Balaban J connectivity index is 1.34. The van der Waals surface area contributed by atoms with Gasteiger partial charge in [-0.05, 0) is 32.1 Å². The zero-order chi connectivity index (χ0) is 17.2. The molecule has 1 aromatic heterocycles. The normalized spacial score (nSPS) is 24.4. The van der Waals surface area contributed by atoms with Crippen molar-refractivity contribution in [2.75, 3.05) is 6.54 Å². The molecule has 7 heteroatoms. The fourth-order valence-electron chi connectivity index (χ4n) is 4.46. The number of hydrogen-bond acceptors (Lipinski definition) is 4. The molecule has 3 aliphatic rings. The summed E-state index contributed by atoms with van der Waals surface area (Å²) in [5, 5.41) is 11.5. The van der Waals surface area contributed by atoms with Gasteiger partial charge in [-0.1, -0.05) is 12.8 Å². The molecule has 1 N–H and O–H groups in total. The van der Waals surface area contributed by atoms with E-state index in [4.69, 9.17) is 0 Å². The number of nitrogens with one attached hydrogen (secondary N) is 1. The van der Waals surface area contributed by atoms with E-state index >= 15 is 0 Å². The van der Waals surface area contributed by atoms with E-state index in [0.29, 0.717) is 32.0 Å². The largest absolute Gasteiger partial charge is 0.348 e. The number of nitrogens with zero attached hydrogens (tertiary/aromatic N) is 4. The van der Waals surface area contributed by atoms with E-state index in [-0.39, 0.29) is 17.7 Å². The highest BCUT2D eigenvalue weighted by atomic mass is 16.2. The Morgan fingerprint density at radius 2 is 1.92 bits per heavy atom. The average Bonchev–Trinajstić information content (AvgIpc) is 3.30. The first kappa shape index (κ1) is 16.5. The monoisotopic (exact) mass is 345 g/mol. The minimum Gasteiger partial charge on any atom is -0.348 e. The SMILES string of the molecule is O=C(NCc1nnc2n1CCCC2)C1CCC(=O)N(C2CCCC2)C1. The third-order valence-electron chi connectivity index (χ3n) is 5.94. The van der Waals surface area contributed by atoms with Crippen LogP contribution in [-0.4, -0.2) is 44.1 Å². The van der Waals surface area contributed by atoms with Crippen molar-refractivity contribution in [2.45, 2.75) is 76.9 Å². The van der Waals surface area contributed by atoms with E-state index in [0.717, 1.165) is 50.3 Å². The van der Waals surface area contributed by atoms with Gasteiger partial charge in [-0.15, -0.1) is 10.2 Å². The van der Waals surface area contributed by atoms with Gasteiger partial charge in [-0.25, -0.2) is 0 Å². The number of hydrogen-bond donors (Lipinski definition) is 1. The Labute approximate surface area is 148 Å². The van der Waals surface area contributed by atoms with Gasteiger partial charge in [-0.3, -0.25) is 9.59 Å². The van der Waals surface area contributed by atoms with Crippen LogP contribution in [0.1, 0.15) is 63.0 Å². The van der Waals surface area contributed by atoms with Gasteiger partial charge >= 0.3 is 0 Å². The molecule has 1 atom stereocenters. The zero-order valence-electron chi connectivity index (χ0n) is 14.7. The molecular weight excluding hydrogens is 318 g/mol. The molecule has 25 heavy (non-hydrogen) atoms. The second-order valence-electron chi connectivity index (χ2n) is 7.58. The molecule has 3 heterocycles. The smallest absolute Gasteiger partial charge is 0.225 e. The Bertz CT molecular complexity index is 650. The Morgan fingerprint density at radius 1 is 1.08 bits per heavy atom. The maximum absolute atomic E-state index is 12.6. The highest BCUT2D eigenvalue weighted by Gasteiger charge is 2.35. The second-order valence-corrected chi connectivity index (χ2v) is 7.58. The van der Waals surface area contributed by atoms with Crippen LogP contribution < -0.4 is 5.32 Å². The van der Waals surface area contributed by atoms with Crippen LogP contribution in [0.3, 0.4) is 0 Å². The van der Waals surface area contributed by atoms with E-state index in [1.807, 2.05) is 4.90 Å². The molecule has 0 aromatic carbocycles. The van der Waals surface area contributed by atoms with Crippen molar-refractivity contribution < 1.29 is 9.59 Å². The van der Waals surface area contributed by atoms with Crippen LogP contribution in [0, 0.1) is 5.92 Å². The van der Waals surface area contributed by atoms with Gasteiger partial charge in [0, 0.05) is 32.0 Å². The fourth-order valence-corrected chi connectivity index (χ4v) is 4.46. The van der Waals surface area contributed by atoms with Gasteiger partial charge in [0.1, 0.15) is 5.82 Å². The minimum absolute atomic E-state index is 0.0451. The Kier molecular flexibility index (Phi) is 4.72. The van der Waals surface area contributed by atoms with Crippen LogP contribution in [0.2, 0.25) is 0 Å². The summed E-state index contributed by atoms with van der Waals surface area (Å²) in [6, 6.07) is 0.353. The molecule has 1 aliphatic carbocycles. The quantitative estimate of drug-likeness (QED) is 0.895. The van der Waals surface area contributed by atoms with Crippen LogP contribution in [0.5, 0.6) is 0 Å². The molecule has 2 amide bonds. The fraction of sp³-hybridized carbons (Fsp3) is 0.778. The summed E-state index contributed by atoms with van der Waals surface area (Å²) >= 11 is 0. The van der Waals surface area contributed by atoms with Crippen LogP contribution in [-0.2, 0) is 29.1 Å².